The van der Waals surface area contributed by atoms with Crippen LogP contribution in [0.2, 0.25) is 0 Å². The molecule has 3 N–H and O–H groups in total. The van der Waals surface area contributed by atoms with E-state index in [0.717, 1.165) is 0 Å². The van der Waals surface area contributed by atoms with Crippen LogP contribution in [0.5, 0.6) is 0 Å². The van der Waals surface area contributed by atoms with Gasteiger partial charge in [-0.3, -0.25) is 10.2 Å². The highest BCUT2D eigenvalue weighted by Crippen LogP contribution is 2.49. The van der Waals surface area contributed by atoms with Crippen LogP contribution in [0.25, 0.3) is 0 Å². The Morgan fingerprint density at radius 1 is 1.12 bits per heavy atom. The second-order valence-electron chi connectivity index (χ2n) is 3.37. The summed E-state index contributed by atoms with van der Waals surface area (Å²) in [4.78, 5) is 10.1. The maximum Gasteiger partial charge on any atom is 0.442 e. The normalized spacial score (nSPS) is 35.1. The van der Waals surface area contributed by atoms with E-state index in [1.54, 1.807) is 0 Å². The molecule has 2 unspecified atom stereocenters. The summed E-state index contributed by atoms with van der Waals surface area (Å²) < 4.78 is 74.4. The zero-order valence-electron chi connectivity index (χ0n) is 8.02. The fraction of sp³-hybridized carbons (Fsp3) is 0.833. The van der Waals surface area contributed by atoms with Crippen molar-refractivity contribution in [1.29, 1.82) is 0 Å². The first-order valence-electron chi connectivity index (χ1n) is 3.93. The quantitative estimate of drug-likeness (QED) is 0.547. The lowest BCUT2D eigenvalue weighted by Crippen LogP contribution is -2.74. The molecule has 0 aliphatic carbocycles. The van der Waals surface area contributed by atoms with Gasteiger partial charge >= 0.3 is 18.4 Å². The number of nitrogens with one attached hydrogen (secondary N) is 1. The number of likely N-dealkylation sites (N-methyl/N-ethyl adjacent to an activating group) is 1. The Morgan fingerprint density at radius 2 is 1.53 bits per heavy atom. The van der Waals surface area contributed by atoms with Gasteiger partial charge in [0.05, 0.1) is 0 Å². The Morgan fingerprint density at radius 3 is 1.76 bits per heavy atom. The van der Waals surface area contributed by atoms with E-state index in [2.05, 4.69) is 0 Å². The van der Waals surface area contributed by atoms with Crippen molar-refractivity contribution in [3.05, 3.63) is 0 Å². The van der Waals surface area contributed by atoms with Gasteiger partial charge in [0.1, 0.15) is 0 Å². The highest BCUT2D eigenvalue weighted by Gasteiger charge is 2.83. The van der Waals surface area contributed by atoms with E-state index in [1.165, 1.54) is 0 Å². The summed E-state index contributed by atoms with van der Waals surface area (Å²) in [7, 11) is 0.270. The van der Waals surface area contributed by atoms with Crippen LogP contribution in [-0.2, 0) is 0 Å². The van der Waals surface area contributed by atoms with Crippen molar-refractivity contribution in [1.82, 2.24) is 10.2 Å². The van der Waals surface area contributed by atoms with E-state index in [-0.39, 0.29) is 7.05 Å². The van der Waals surface area contributed by atoms with Crippen molar-refractivity contribution in [2.45, 2.75) is 23.8 Å². The lowest BCUT2D eigenvalue weighted by molar-refractivity contribution is -0.405. The van der Waals surface area contributed by atoms with Crippen LogP contribution in [0, 0.1) is 0 Å². The van der Waals surface area contributed by atoms with Crippen LogP contribution >= 0.6 is 0 Å². The van der Waals surface area contributed by atoms with Gasteiger partial charge in [-0.2, -0.15) is 26.3 Å². The van der Waals surface area contributed by atoms with Gasteiger partial charge in [-0.15, -0.1) is 0 Å². The lowest BCUT2D eigenvalue weighted by atomic mass is 9.99. The van der Waals surface area contributed by atoms with Gasteiger partial charge in [-0.1, -0.05) is 0 Å². The highest BCUT2D eigenvalue weighted by atomic mass is 19.4. The van der Waals surface area contributed by atoms with Gasteiger partial charge in [0, 0.05) is 7.05 Å². The van der Waals surface area contributed by atoms with E-state index < -0.39 is 34.7 Å². The molecule has 17 heavy (non-hydrogen) atoms. The summed E-state index contributed by atoms with van der Waals surface area (Å²) in [6.07, 6.45) is -11.8. The number of alkyl halides is 6. The Balaban J connectivity index is 3.47. The van der Waals surface area contributed by atoms with E-state index >= 15 is 0 Å². The third-order valence-electron chi connectivity index (χ3n) is 2.39. The molecule has 0 saturated carbocycles. The average Bonchev–Trinajstić information content (AvgIpc) is 2.27. The van der Waals surface area contributed by atoms with Gasteiger partial charge in [0.15, 0.2) is 0 Å². The number of hydrogen-bond acceptors (Lipinski definition) is 3. The molecule has 11 heteroatoms. The Hall–Kier alpha value is -1.23. The van der Waals surface area contributed by atoms with Crippen molar-refractivity contribution in [2.24, 2.45) is 0 Å². The summed E-state index contributed by atoms with van der Waals surface area (Å²) in [6.45, 7) is 0. The first-order chi connectivity index (χ1) is 7.29. The molecule has 1 aliphatic rings. The highest BCUT2D eigenvalue weighted by molar-refractivity contribution is 5.79. The zero-order valence-corrected chi connectivity index (χ0v) is 8.02. The summed E-state index contributed by atoms with van der Waals surface area (Å²) in [5, 5.41) is 18.7. The number of rotatable bonds is 0. The lowest BCUT2D eigenvalue weighted by Gasteiger charge is -2.40. The summed E-state index contributed by atoms with van der Waals surface area (Å²) >= 11 is 0. The molecule has 0 radical (unpaired) electrons. The predicted octanol–water partition coefficient (Wildman–Crippen LogP) is 0.143. The smallest absolute Gasteiger partial charge is 0.359 e. The van der Waals surface area contributed by atoms with Crippen molar-refractivity contribution in [3.8, 4) is 0 Å². The van der Waals surface area contributed by atoms with Crippen molar-refractivity contribution in [2.75, 3.05) is 7.05 Å². The monoisotopic (exact) mass is 268 g/mol. The first-order valence-corrected chi connectivity index (χ1v) is 3.93. The van der Waals surface area contributed by atoms with E-state index in [9.17, 15) is 31.1 Å². The molecule has 1 saturated heterocycles. The van der Waals surface area contributed by atoms with Gasteiger partial charge in [-0.05, 0) is 0 Å². The Kier molecular flexibility index (Phi) is 2.57. The molecule has 1 aliphatic heterocycles. The summed E-state index contributed by atoms with van der Waals surface area (Å²) in [5.41, 5.74) is -9.63. The Labute approximate surface area is 89.6 Å². The van der Waals surface area contributed by atoms with E-state index in [4.69, 9.17) is 10.2 Å². The topological polar surface area (TPSA) is 72.8 Å². The summed E-state index contributed by atoms with van der Waals surface area (Å²) in [5.74, 6) is 0. The minimum atomic E-state index is -5.92. The molecule has 0 spiro atoms. The van der Waals surface area contributed by atoms with Crippen LogP contribution in [0.3, 0.4) is 0 Å². The molecule has 1 heterocycles. The molecule has 2 amide bonds. The third-order valence-corrected chi connectivity index (χ3v) is 2.39. The molecule has 0 aromatic rings. The SMILES string of the molecule is CN1C(=O)NC(O)(C(F)(F)F)C1(O)C(F)(F)F. The van der Waals surface area contributed by atoms with Crippen LogP contribution in [-0.4, -0.2) is 52.0 Å². The standard InChI is InChI=1S/C6H6F6N2O3/c1-14-2(15)13-3(16,5(7,8)9)4(14,17)6(10,11)12/h16-17H,1H3,(H,13,15). The molecule has 2 atom stereocenters. The van der Waals surface area contributed by atoms with Crippen LogP contribution in [0.4, 0.5) is 31.1 Å². The number of aliphatic hydroxyl groups is 2. The zero-order chi connectivity index (χ0) is 13.9. The predicted molar refractivity (Wildman–Crippen MR) is 38.3 cm³/mol. The van der Waals surface area contributed by atoms with Crippen LogP contribution in [0.1, 0.15) is 0 Å². The van der Waals surface area contributed by atoms with Crippen molar-refractivity contribution < 1.29 is 41.4 Å². The molecule has 0 bridgehead atoms. The van der Waals surface area contributed by atoms with E-state index in [1.807, 2.05) is 0 Å². The van der Waals surface area contributed by atoms with Crippen LogP contribution in [0.15, 0.2) is 0 Å². The summed E-state index contributed by atoms with van der Waals surface area (Å²) in [6, 6.07) is -1.91. The fourth-order valence-corrected chi connectivity index (χ4v) is 1.38. The molecule has 0 aromatic heterocycles. The Bertz CT molecular complexity index is 355. The van der Waals surface area contributed by atoms with Gasteiger partial charge in [0.25, 0.3) is 11.4 Å². The van der Waals surface area contributed by atoms with Crippen molar-refractivity contribution in [3.63, 3.8) is 0 Å². The number of carbonyl (C=O) groups excluding carboxylic acids is 1. The minimum Gasteiger partial charge on any atom is -0.359 e. The molecule has 0 aromatic carbocycles. The fourth-order valence-electron chi connectivity index (χ4n) is 1.38. The molecular weight excluding hydrogens is 262 g/mol. The van der Waals surface area contributed by atoms with Gasteiger partial charge in [0.2, 0.25) is 0 Å². The molecule has 100 valence electrons. The van der Waals surface area contributed by atoms with Gasteiger partial charge < -0.3 is 10.2 Å². The average molecular weight is 268 g/mol. The number of nitrogens with zero attached hydrogens (tertiary/aromatic N) is 1. The van der Waals surface area contributed by atoms with E-state index in [0.29, 0.717) is 5.32 Å². The van der Waals surface area contributed by atoms with Gasteiger partial charge in [-0.25, -0.2) is 4.79 Å². The van der Waals surface area contributed by atoms with Crippen molar-refractivity contribution >= 4 is 6.03 Å². The molecule has 5 nitrogen and oxygen atoms in total. The molecule has 1 fully saturated rings. The number of hydrogen-bond donors (Lipinski definition) is 3. The minimum absolute atomic E-state index is 0.270. The largest absolute Gasteiger partial charge is 0.442 e. The maximum atomic E-state index is 12.5. The molecular formula is C6H6F6N2O3. The third kappa shape index (κ3) is 1.45. The van der Waals surface area contributed by atoms with Crippen LogP contribution < -0.4 is 5.32 Å². The number of urea groups is 1. The second kappa shape index (κ2) is 3.16. The second-order valence-corrected chi connectivity index (χ2v) is 3.37. The first kappa shape index (κ1) is 13.8. The molecule has 1 rings (SSSR count). The maximum absolute atomic E-state index is 12.5. The number of amides is 2. The number of halogens is 6. The number of carbonyl (C=O) groups is 1.